The van der Waals surface area contributed by atoms with Gasteiger partial charge < -0.3 is 10.3 Å². The molecule has 1 unspecified atom stereocenters. The second-order valence-corrected chi connectivity index (χ2v) is 5.29. The first-order chi connectivity index (χ1) is 6.09. The number of anilines is 1. The Hall–Kier alpha value is -1.11. The van der Waals surface area contributed by atoms with E-state index in [1.165, 1.54) is 0 Å². The first-order valence-electron chi connectivity index (χ1n) is 3.90. The van der Waals surface area contributed by atoms with Gasteiger partial charge in [0.25, 0.3) is 5.95 Å². The van der Waals surface area contributed by atoms with Gasteiger partial charge in [0.2, 0.25) is 5.89 Å². The number of nitrogens with zero attached hydrogens (tertiary/aromatic N) is 2. The Morgan fingerprint density at radius 1 is 1.54 bits per heavy atom. The second kappa shape index (κ2) is 2.69. The molecule has 0 aliphatic carbocycles. The number of nitrogens with two attached hydrogens (primary N) is 1. The molecule has 72 valence electrons. The average Bonchev–Trinajstić information content (AvgIpc) is 2.56. The van der Waals surface area contributed by atoms with Crippen LogP contribution in [0, 0.1) is 0 Å². The van der Waals surface area contributed by atoms with Gasteiger partial charge in [0.15, 0.2) is 9.84 Å². The summed E-state index contributed by atoms with van der Waals surface area (Å²) >= 11 is 0. The Bertz CT molecular complexity index is 411. The standard InChI is InChI=1S/C6H9N3O3S/c7-6-8-5(12-9-6)4-2-1-3-13(4,10)11/h4H,1-3H2,(H2,7,9). The molecule has 1 aliphatic heterocycles. The highest BCUT2D eigenvalue weighted by atomic mass is 32.2. The molecule has 7 heteroatoms. The monoisotopic (exact) mass is 203 g/mol. The van der Waals surface area contributed by atoms with Crippen molar-refractivity contribution in [1.29, 1.82) is 0 Å². The van der Waals surface area contributed by atoms with Crippen LogP contribution in [0.1, 0.15) is 24.0 Å². The van der Waals surface area contributed by atoms with E-state index in [1.807, 2.05) is 0 Å². The lowest BCUT2D eigenvalue weighted by Crippen LogP contribution is -2.08. The average molecular weight is 203 g/mol. The van der Waals surface area contributed by atoms with Crippen molar-refractivity contribution in [2.45, 2.75) is 18.1 Å². The maximum atomic E-state index is 11.4. The number of aromatic nitrogens is 2. The number of nitrogen functional groups attached to an aromatic ring is 1. The van der Waals surface area contributed by atoms with Crippen LogP contribution >= 0.6 is 0 Å². The quantitative estimate of drug-likeness (QED) is 0.684. The smallest absolute Gasteiger partial charge is 0.260 e. The summed E-state index contributed by atoms with van der Waals surface area (Å²) in [5.74, 6) is 0.298. The summed E-state index contributed by atoms with van der Waals surface area (Å²) in [5.41, 5.74) is 5.22. The zero-order chi connectivity index (χ0) is 9.47. The van der Waals surface area contributed by atoms with Crippen molar-refractivity contribution in [1.82, 2.24) is 10.1 Å². The van der Waals surface area contributed by atoms with E-state index < -0.39 is 15.1 Å². The van der Waals surface area contributed by atoms with Crippen LogP contribution in [0.4, 0.5) is 5.95 Å². The summed E-state index contributed by atoms with van der Waals surface area (Å²) in [6.07, 6.45) is 1.19. The van der Waals surface area contributed by atoms with Crippen LogP contribution in [0.25, 0.3) is 0 Å². The molecule has 1 aromatic heterocycles. The van der Waals surface area contributed by atoms with E-state index >= 15 is 0 Å². The van der Waals surface area contributed by atoms with E-state index in [9.17, 15) is 8.42 Å². The molecule has 2 rings (SSSR count). The highest BCUT2D eigenvalue weighted by molar-refractivity contribution is 7.91. The molecule has 1 aliphatic rings. The second-order valence-electron chi connectivity index (χ2n) is 2.99. The van der Waals surface area contributed by atoms with Crippen molar-refractivity contribution in [2.24, 2.45) is 0 Å². The summed E-state index contributed by atoms with van der Waals surface area (Å²) in [7, 11) is -3.08. The Balaban J connectivity index is 2.37. The van der Waals surface area contributed by atoms with Crippen LogP contribution in [0.2, 0.25) is 0 Å². The molecule has 0 bridgehead atoms. The molecule has 1 saturated heterocycles. The van der Waals surface area contributed by atoms with Gasteiger partial charge in [-0.15, -0.1) is 0 Å². The minimum Gasteiger partial charge on any atom is -0.365 e. The Morgan fingerprint density at radius 3 is 2.77 bits per heavy atom. The predicted octanol–water partition coefficient (Wildman–Crippen LogP) is -0.0985. The molecule has 0 amide bonds. The van der Waals surface area contributed by atoms with Crippen molar-refractivity contribution in [3.05, 3.63) is 5.89 Å². The van der Waals surface area contributed by atoms with E-state index in [1.54, 1.807) is 0 Å². The highest BCUT2D eigenvalue weighted by Gasteiger charge is 2.36. The van der Waals surface area contributed by atoms with Crippen molar-refractivity contribution < 1.29 is 12.9 Å². The van der Waals surface area contributed by atoms with Gasteiger partial charge in [0, 0.05) is 0 Å². The molecular formula is C6H9N3O3S. The number of sulfone groups is 1. The fraction of sp³-hybridized carbons (Fsp3) is 0.667. The van der Waals surface area contributed by atoms with Crippen LogP contribution in [-0.2, 0) is 9.84 Å². The molecule has 13 heavy (non-hydrogen) atoms. The largest absolute Gasteiger partial charge is 0.365 e. The van der Waals surface area contributed by atoms with E-state index in [-0.39, 0.29) is 17.6 Å². The molecule has 1 aromatic rings. The zero-order valence-electron chi connectivity index (χ0n) is 6.80. The predicted molar refractivity (Wildman–Crippen MR) is 44.5 cm³/mol. The Morgan fingerprint density at radius 2 is 2.31 bits per heavy atom. The third-order valence-corrected chi connectivity index (χ3v) is 4.22. The number of hydrogen-bond acceptors (Lipinski definition) is 6. The Kier molecular flexibility index (Phi) is 1.76. The minimum absolute atomic E-state index is 0.0166. The first kappa shape index (κ1) is 8.49. The lowest BCUT2D eigenvalue weighted by molar-refractivity contribution is 0.372. The topological polar surface area (TPSA) is 99.1 Å². The van der Waals surface area contributed by atoms with Crippen molar-refractivity contribution in [2.75, 3.05) is 11.5 Å². The van der Waals surface area contributed by atoms with Crippen LogP contribution in [-0.4, -0.2) is 24.3 Å². The summed E-state index contributed by atoms with van der Waals surface area (Å²) in [6, 6.07) is 0. The molecule has 2 N–H and O–H groups in total. The summed E-state index contributed by atoms with van der Waals surface area (Å²) in [6.45, 7) is 0. The summed E-state index contributed by atoms with van der Waals surface area (Å²) in [5, 5.41) is 2.71. The lowest BCUT2D eigenvalue weighted by Gasteiger charge is -2.00. The van der Waals surface area contributed by atoms with Gasteiger partial charge in [-0.25, -0.2) is 8.42 Å². The molecule has 1 fully saturated rings. The van der Waals surface area contributed by atoms with E-state index in [4.69, 9.17) is 10.3 Å². The molecule has 0 spiro atoms. The summed E-state index contributed by atoms with van der Waals surface area (Å²) < 4.78 is 27.5. The number of rotatable bonds is 1. The molecule has 0 radical (unpaired) electrons. The van der Waals surface area contributed by atoms with E-state index in [0.717, 1.165) is 0 Å². The van der Waals surface area contributed by atoms with Crippen LogP contribution in [0.3, 0.4) is 0 Å². The van der Waals surface area contributed by atoms with Crippen molar-refractivity contribution in [3.63, 3.8) is 0 Å². The Labute approximate surface area is 75.0 Å². The molecule has 0 aromatic carbocycles. The molecule has 1 atom stereocenters. The SMILES string of the molecule is Nc1noc(C2CCCS2(=O)=O)n1. The fourth-order valence-corrected chi connectivity index (χ4v) is 3.23. The highest BCUT2D eigenvalue weighted by Crippen LogP contribution is 2.33. The molecule has 0 saturated carbocycles. The van der Waals surface area contributed by atoms with Crippen molar-refractivity contribution in [3.8, 4) is 0 Å². The van der Waals surface area contributed by atoms with E-state index in [0.29, 0.717) is 12.8 Å². The van der Waals surface area contributed by atoms with Crippen LogP contribution in [0.5, 0.6) is 0 Å². The number of hydrogen-bond donors (Lipinski definition) is 1. The normalized spacial score (nSPS) is 26.3. The minimum atomic E-state index is -3.08. The third-order valence-electron chi connectivity index (χ3n) is 2.06. The van der Waals surface area contributed by atoms with Crippen molar-refractivity contribution >= 4 is 15.8 Å². The maximum absolute atomic E-state index is 11.4. The van der Waals surface area contributed by atoms with Gasteiger partial charge in [-0.3, -0.25) is 0 Å². The van der Waals surface area contributed by atoms with Crippen LogP contribution < -0.4 is 5.73 Å². The van der Waals surface area contributed by atoms with Gasteiger partial charge in [-0.1, -0.05) is 0 Å². The van der Waals surface area contributed by atoms with Gasteiger partial charge in [0.05, 0.1) is 5.75 Å². The molecule has 6 nitrogen and oxygen atoms in total. The van der Waals surface area contributed by atoms with Gasteiger partial charge in [0.1, 0.15) is 5.25 Å². The summed E-state index contributed by atoms with van der Waals surface area (Å²) in [4.78, 5) is 3.71. The molecule has 2 heterocycles. The maximum Gasteiger partial charge on any atom is 0.260 e. The van der Waals surface area contributed by atoms with Gasteiger partial charge >= 0.3 is 0 Å². The van der Waals surface area contributed by atoms with Crippen LogP contribution in [0.15, 0.2) is 4.52 Å². The third kappa shape index (κ3) is 1.39. The lowest BCUT2D eigenvalue weighted by atomic mass is 10.2. The zero-order valence-corrected chi connectivity index (χ0v) is 7.62. The molecular weight excluding hydrogens is 194 g/mol. The van der Waals surface area contributed by atoms with E-state index in [2.05, 4.69) is 10.1 Å². The van der Waals surface area contributed by atoms with Gasteiger partial charge in [-0.05, 0) is 18.0 Å². The van der Waals surface area contributed by atoms with Gasteiger partial charge in [-0.2, -0.15) is 4.98 Å². The first-order valence-corrected chi connectivity index (χ1v) is 5.62. The fourth-order valence-electron chi connectivity index (χ4n) is 1.45.